The van der Waals surface area contributed by atoms with Crippen LogP contribution in [0.25, 0.3) is 0 Å². The van der Waals surface area contributed by atoms with Crippen LogP contribution in [0, 0.1) is 12.3 Å². The van der Waals surface area contributed by atoms with Gasteiger partial charge in [0.15, 0.2) is 0 Å². The molecule has 0 spiro atoms. The van der Waals surface area contributed by atoms with E-state index in [1.54, 1.807) is 0 Å². The molecule has 1 N–H and O–H groups in total. The van der Waals surface area contributed by atoms with E-state index in [9.17, 15) is 0 Å². The van der Waals surface area contributed by atoms with Crippen LogP contribution in [-0.4, -0.2) is 12.0 Å². The maximum absolute atomic E-state index is 7.39. The van der Waals surface area contributed by atoms with Crippen molar-refractivity contribution in [1.29, 1.82) is 0 Å². The highest BCUT2D eigenvalue weighted by Gasteiger charge is 2.05. The minimum atomic E-state index is -1.45. The molecule has 0 aromatic rings. The van der Waals surface area contributed by atoms with Crippen LogP contribution in [0.2, 0.25) is 0 Å². The minimum Gasteiger partial charge on any atom is -0.311 e. The molecule has 0 heterocycles. The Morgan fingerprint density at radius 3 is 2.56 bits per heavy atom. The van der Waals surface area contributed by atoms with Crippen molar-refractivity contribution < 1.29 is 2.74 Å². The van der Waals surface area contributed by atoms with Crippen LogP contribution >= 0.6 is 0 Å². The number of nitrogens with one attached hydrogen (secondary N) is 1. The number of rotatable bonds is 2. The molecule has 0 aliphatic heterocycles. The van der Waals surface area contributed by atoms with E-state index in [-0.39, 0.29) is 12.0 Å². The first-order chi connectivity index (χ1) is 4.77. The summed E-state index contributed by atoms with van der Waals surface area (Å²) in [5.41, 5.74) is -0.236. The van der Waals surface area contributed by atoms with Gasteiger partial charge in [-0.2, -0.15) is 0 Å². The topological polar surface area (TPSA) is 12.0 Å². The molecule has 9 heavy (non-hydrogen) atoms. The van der Waals surface area contributed by atoms with Crippen molar-refractivity contribution in [1.82, 2.24) is 5.32 Å². The largest absolute Gasteiger partial charge is 0.311 e. The van der Waals surface area contributed by atoms with Gasteiger partial charge < -0.3 is 5.32 Å². The van der Waals surface area contributed by atoms with Crippen molar-refractivity contribution in [2.45, 2.75) is 32.7 Å². The Bertz CT molecular complexity index is 162. The van der Waals surface area contributed by atoms with Crippen LogP contribution in [0.3, 0.4) is 0 Å². The Labute approximate surface area is 60.7 Å². The van der Waals surface area contributed by atoms with Gasteiger partial charge in [-0.05, 0) is 20.8 Å². The molecule has 0 aromatic carbocycles. The maximum atomic E-state index is 7.39. The zero-order chi connectivity index (χ0) is 9.12. The van der Waals surface area contributed by atoms with Gasteiger partial charge in [0.05, 0.1) is 0 Å². The highest BCUT2D eigenvalue weighted by atomic mass is 14.9. The standard InChI is InChI=1S/C8H15N/c1-5-6-7-9-8(2,3)4/h1,9H,6-7H2,2-4H3/i7D2. The Hall–Kier alpha value is -0.480. The van der Waals surface area contributed by atoms with Gasteiger partial charge in [0.1, 0.15) is 0 Å². The average molecular weight is 127 g/mol. The third-order valence-electron chi connectivity index (χ3n) is 0.654. The van der Waals surface area contributed by atoms with Gasteiger partial charge in [-0.1, -0.05) is 0 Å². The molecular formula is C8H15N. The molecule has 0 aliphatic rings. The average Bonchev–Trinajstić information content (AvgIpc) is 1.55. The number of hydrogen-bond acceptors (Lipinski definition) is 1. The van der Waals surface area contributed by atoms with E-state index in [1.807, 2.05) is 20.8 Å². The zero-order valence-electron chi connectivity index (χ0n) is 8.28. The summed E-state index contributed by atoms with van der Waals surface area (Å²) in [4.78, 5) is 0. The molecule has 1 heteroatoms. The maximum Gasteiger partial charge on any atom is 0.0438 e. The third-order valence-corrected chi connectivity index (χ3v) is 0.654. The van der Waals surface area contributed by atoms with E-state index < -0.39 is 6.50 Å². The summed E-state index contributed by atoms with van der Waals surface area (Å²) in [6.45, 7) is 4.26. The van der Waals surface area contributed by atoms with Gasteiger partial charge >= 0.3 is 0 Å². The molecule has 0 fully saturated rings. The Kier molecular flexibility index (Phi) is 2.08. The van der Waals surface area contributed by atoms with Crippen molar-refractivity contribution in [3.63, 3.8) is 0 Å². The van der Waals surface area contributed by atoms with Gasteiger partial charge in [0.2, 0.25) is 0 Å². The van der Waals surface area contributed by atoms with Gasteiger partial charge in [0, 0.05) is 21.2 Å². The van der Waals surface area contributed by atoms with E-state index >= 15 is 0 Å². The summed E-state index contributed by atoms with van der Waals surface area (Å²) < 4.78 is 14.8. The minimum absolute atomic E-state index is 0.101. The number of hydrogen-bond donors (Lipinski definition) is 1. The summed E-state index contributed by atoms with van der Waals surface area (Å²) >= 11 is 0. The van der Waals surface area contributed by atoms with Gasteiger partial charge in [-0.15, -0.1) is 12.3 Å². The molecule has 52 valence electrons. The van der Waals surface area contributed by atoms with Crippen LogP contribution < -0.4 is 5.32 Å². The third kappa shape index (κ3) is 7.52. The molecule has 1 nitrogen and oxygen atoms in total. The molecule has 0 saturated heterocycles. The Balaban J connectivity index is 4.04. The second-order valence-electron chi connectivity index (χ2n) is 2.93. The molecule has 0 aromatic heterocycles. The summed E-state index contributed by atoms with van der Waals surface area (Å²) in [5, 5.41) is 2.79. The fourth-order valence-electron chi connectivity index (χ4n) is 0.360. The van der Waals surface area contributed by atoms with Crippen molar-refractivity contribution in [3.8, 4) is 12.3 Å². The molecule has 0 radical (unpaired) electrons. The first kappa shape index (κ1) is 5.32. The molecule has 0 atom stereocenters. The predicted octanol–water partition coefficient (Wildman–Crippen LogP) is 1.40. The molecule has 0 bridgehead atoms. The van der Waals surface area contributed by atoms with E-state index in [2.05, 4.69) is 11.2 Å². The van der Waals surface area contributed by atoms with E-state index in [4.69, 9.17) is 9.16 Å². The molecule has 0 aliphatic carbocycles. The summed E-state index contributed by atoms with van der Waals surface area (Å²) in [6, 6.07) is 0. The quantitative estimate of drug-likeness (QED) is 0.553. The summed E-state index contributed by atoms with van der Waals surface area (Å²) in [7, 11) is 0. The highest BCUT2D eigenvalue weighted by molar-refractivity contribution is 4.85. The second kappa shape index (κ2) is 3.53. The van der Waals surface area contributed by atoms with E-state index in [1.165, 1.54) is 0 Å². The van der Waals surface area contributed by atoms with E-state index in [0.717, 1.165) is 0 Å². The number of terminal acetylenes is 1. The highest BCUT2D eigenvalue weighted by Crippen LogP contribution is 1.96. The normalized spacial score (nSPS) is 15.8. The van der Waals surface area contributed by atoms with E-state index in [0.29, 0.717) is 0 Å². The lowest BCUT2D eigenvalue weighted by molar-refractivity contribution is 0.432. The smallest absolute Gasteiger partial charge is 0.0438 e. The lowest BCUT2D eigenvalue weighted by Gasteiger charge is -2.19. The first-order valence-electron chi connectivity index (χ1n) is 4.00. The molecule has 0 unspecified atom stereocenters. The van der Waals surface area contributed by atoms with Crippen LogP contribution in [0.5, 0.6) is 0 Å². The van der Waals surface area contributed by atoms with Crippen molar-refractivity contribution in [2.75, 3.05) is 6.50 Å². The second-order valence-corrected chi connectivity index (χ2v) is 2.93. The Morgan fingerprint density at radius 2 is 2.22 bits per heavy atom. The Morgan fingerprint density at radius 1 is 1.67 bits per heavy atom. The fraction of sp³-hybridized carbons (Fsp3) is 0.750. The predicted molar refractivity (Wildman–Crippen MR) is 41.2 cm³/mol. The van der Waals surface area contributed by atoms with Crippen molar-refractivity contribution >= 4 is 0 Å². The molecule has 0 saturated carbocycles. The van der Waals surface area contributed by atoms with Crippen LogP contribution in [-0.2, 0) is 0 Å². The lowest BCUT2D eigenvalue weighted by atomic mass is 10.1. The van der Waals surface area contributed by atoms with Crippen molar-refractivity contribution in [2.24, 2.45) is 0 Å². The van der Waals surface area contributed by atoms with Crippen molar-refractivity contribution in [3.05, 3.63) is 0 Å². The first-order valence-corrected chi connectivity index (χ1v) is 3.00. The zero-order valence-corrected chi connectivity index (χ0v) is 6.28. The van der Waals surface area contributed by atoms with Gasteiger partial charge in [0.25, 0.3) is 0 Å². The summed E-state index contributed by atoms with van der Waals surface area (Å²) in [5.74, 6) is 2.29. The fourth-order valence-corrected chi connectivity index (χ4v) is 0.360. The van der Waals surface area contributed by atoms with Gasteiger partial charge in [-0.25, -0.2) is 0 Å². The van der Waals surface area contributed by atoms with Crippen LogP contribution in [0.15, 0.2) is 0 Å². The molecular weight excluding hydrogens is 110 g/mol. The SMILES string of the molecule is [2H]C([2H])(CC#C)NC(C)(C)C. The summed E-state index contributed by atoms with van der Waals surface area (Å²) in [6.07, 6.45) is 5.10. The van der Waals surface area contributed by atoms with Gasteiger partial charge in [-0.3, -0.25) is 0 Å². The lowest BCUT2D eigenvalue weighted by Crippen LogP contribution is -2.36. The molecule has 0 rings (SSSR count). The monoisotopic (exact) mass is 127 g/mol. The van der Waals surface area contributed by atoms with Crippen LogP contribution in [0.4, 0.5) is 0 Å². The van der Waals surface area contributed by atoms with Crippen LogP contribution in [0.1, 0.15) is 29.9 Å². The molecule has 0 amide bonds.